The third-order valence-corrected chi connectivity index (χ3v) is 6.45. The lowest BCUT2D eigenvalue weighted by Gasteiger charge is -2.26. The number of ether oxygens (including phenoxy) is 1. The molecule has 3 heterocycles. The van der Waals surface area contributed by atoms with Crippen molar-refractivity contribution in [3.8, 4) is 17.0 Å². The number of amides is 2. The molecule has 2 amide bonds. The quantitative estimate of drug-likeness (QED) is 0.407. The van der Waals surface area contributed by atoms with Gasteiger partial charge in [0.25, 0.3) is 0 Å². The molecule has 1 aliphatic heterocycles. The van der Waals surface area contributed by atoms with Crippen molar-refractivity contribution in [3.05, 3.63) is 77.0 Å². The van der Waals surface area contributed by atoms with Gasteiger partial charge in [-0.2, -0.15) is 0 Å². The van der Waals surface area contributed by atoms with Crippen molar-refractivity contribution < 1.29 is 28.6 Å². The number of ketones is 1. The van der Waals surface area contributed by atoms with Gasteiger partial charge in [0.15, 0.2) is 5.78 Å². The number of hydrogen-bond acceptors (Lipinski definition) is 7. The second-order valence-electron chi connectivity index (χ2n) is 9.22. The average Bonchev–Trinajstić information content (AvgIpc) is 3.20. The van der Waals surface area contributed by atoms with Gasteiger partial charge in [0, 0.05) is 29.3 Å². The lowest BCUT2D eigenvalue weighted by molar-refractivity contribution is -0.123. The molecule has 0 unspecified atom stereocenters. The van der Waals surface area contributed by atoms with Gasteiger partial charge < -0.3 is 21.3 Å². The molecule has 0 bridgehead atoms. The van der Waals surface area contributed by atoms with Crippen LogP contribution in [0.25, 0.3) is 11.3 Å². The van der Waals surface area contributed by atoms with Crippen molar-refractivity contribution in [1.29, 1.82) is 0 Å². The van der Waals surface area contributed by atoms with Gasteiger partial charge in [-0.15, -0.1) is 0 Å². The van der Waals surface area contributed by atoms with Crippen LogP contribution >= 0.6 is 0 Å². The molecule has 0 fully saturated rings. The number of primary amides is 2. The number of nitrogens with two attached hydrogens (primary N) is 2. The summed E-state index contributed by atoms with van der Waals surface area (Å²) in [5.41, 5.74) is 9.82. The fourth-order valence-electron chi connectivity index (χ4n) is 4.02. The number of Topliss-reactive ketones (excluding diaryl/α,β-unsaturated/α-hetero) is 1. The molecule has 186 valence electrons. The molecule has 1 aromatic carbocycles. The Kier molecular flexibility index (Phi) is 6.32. The van der Waals surface area contributed by atoms with E-state index in [1.165, 1.54) is 49.5 Å². The van der Waals surface area contributed by atoms with E-state index in [1.54, 1.807) is 13.0 Å². The highest BCUT2D eigenvalue weighted by Crippen LogP contribution is 2.45. The first kappa shape index (κ1) is 24.9. The lowest BCUT2D eigenvalue weighted by Crippen LogP contribution is -2.40. The lowest BCUT2D eigenvalue weighted by atomic mass is 9.81. The van der Waals surface area contributed by atoms with Crippen LogP contribution in [0.1, 0.15) is 58.8 Å². The minimum Gasteiger partial charge on any atom is -0.489 e. The van der Waals surface area contributed by atoms with Crippen LogP contribution in [0.2, 0.25) is 0 Å². The van der Waals surface area contributed by atoms with Gasteiger partial charge >= 0.3 is 0 Å². The van der Waals surface area contributed by atoms with Gasteiger partial charge in [0.05, 0.1) is 5.69 Å². The molecule has 0 radical (unpaired) electrons. The van der Waals surface area contributed by atoms with Crippen molar-refractivity contribution in [1.82, 2.24) is 9.97 Å². The minimum absolute atomic E-state index is 0.0144. The maximum absolute atomic E-state index is 13.5. The highest BCUT2D eigenvalue weighted by atomic mass is 19.1. The normalized spacial score (nSPS) is 18.1. The summed E-state index contributed by atoms with van der Waals surface area (Å²) in [7, 11) is 0. The van der Waals surface area contributed by atoms with Gasteiger partial charge in [-0.1, -0.05) is 0 Å². The van der Waals surface area contributed by atoms with Gasteiger partial charge in [0.2, 0.25) is 11.8 Å². The molecule has 2 aromatic heterocycles. The molecule has 0 spiro atoms. The molecule has 10 heteroatoms. The number of carbonyl (C=O) groups excluding carboxylic acids is 3. The number of halogens is 1. The summed E-state index contributed by atoms with van der Waals surface area (Å²) in [4.78, 5) is 45.0. The SMILES string of the molecule is C[C@](O)(CCC(=O)c1cc(C(N)=O)ccn1)c1cc2c(c(-c3ccc(F)cc3)n1)OC[C@]2(C)C(N)=O. The predicted octanol–water partition coefficient (Wildman–Crippen LogP) is 2.39. The Morgan fingerprint density at radius 2 is 1.86 bits per heavy atom. The maximum Gasteiger partial charge on any atom is 0.248 e. The summed E-state index contributed by atoms with van der Waals surface area (Å²) in [6.07, 6.45) is 1.15. The zero-order valence-electron chi connectivity index (χ0n) is 19.7. The first-order valence-corrected chi connectivity index (χ1v) is 11.2. The van der Waals surface area contributed by atoms with Gasteiger partial charge in [0.1, 0.15) is 40.6 Å². The van der Waals surface area contributed by atoms with Gasteiger partial charge in [-0.25, -0.2) is 9.37 Å². The number of aromatic nitrogens is 2. The van der Waals surface area contributed by atoms with Crippen LogP contribution in [-0.2, 0) is 15.8 Å². The van der Waals surface area contributed by atoms with E-state index >= 15 is 0 Å². The second kappa shape index (κ2) is 9.12. The van der Waals surface area contributed by atoms with Crippen LogP contribution in [0.5, 0.6) is 5.75 Å². The molecule has 0 saturated heterocycles. The maximum atomic E-state index is 13.5. The fraction of sp³-hybridized carbons (Fsp3) is 0.269. The number of pyridine rings is 2. The largest absolute Gasteiger partial charge is 0.489 e. The van der Waals surface area contributed by atoms with Crippen LogP contribution < -0.4 is 16.2 Å². The van der Waals surface area contributed by atoms with Crippen molar-refractivity contribution in [2.75, 3.05) is 6.61 Å². The van der Waals surface area contributed by atoms with Gasteiger partial charge in [-0.05, 0) is 62.7 Å². The number of rotatable bonds is 8. The van der Waals surface area contributed by atoms with E-state index in [2.05, 4.69) is 9.97 Å². The summed E-state index contributed by atoms with van der Waals surface area (Å²) in [5.74, 6) is -1.81. The number of hydrogen-bond donors (Lipinski definition) is 3. The third kappa shape index (κ3) is 4.55. The number of carbonyl (C=O) groups is 3. The zero-order chi connectivity index (χ0) is 26.3. The molecule has 2 atom stereocenters. The molecule has 5 N–H and O–H groups in total. The Balaban J connectivity index is 1.70. The van der Waals surface area contributed by atoms with Crippen LogP contribution in [0.15, 0.2) is 48.7 Å². The Morgan fingerprint density at radius 3 is 2.50 bits per heavy atom. The monoisotopic (exact) mass is 492 g/mol. The summed E-state index contributed by atoms with van der Waals surface area (Å²) >= 11 is 0. The number of benzene rings is 1. The molecule has 0 saturated carbocycles. The minimum atomic E-state index is -1.61. The summed E-state index contributed by atoms with van der Waals surface area (Å²) < 4.78 is 19.4. The predicted molar refractivity (Wildman–Crippen MR) is 128 cm³/mol. The smallest absolute Gasteiger partial charge is 0.248 e. The summed E-state index contributed by atoms with van der Waals surface area (Å²) in [6.45, 7) is 3.11. The van der Waals surface area contributed by atoms with Crippen LogP contribution in [0, 0.1) is 5.82 Å². The van der Waals surface area contributed by atoms with E-state index in [4.69, 9.17) is 16.2 Å². The molecular weight excluding hydrogens is 467 g/mol. The molecule has 3 aromatic rings. The van der Waals surface area contributed by atoms with E-state index in [1.807, 2.05) is 0 Å². The zero-order valence-corrected chi connectivity index (χ0v) is 19.7. The second-order valence-corrected chi connectivity index (χ2v) is 9.22. The van der Waals surface area contributed by atoms with E-state index in [0.717, 1.165) is 0 Å². The highest BCUT2D eigenvalue weighted by Gasteiger charge is 2.45. The first-order chi connectivity index (χ1) is 16.9. The number of nitrogens with zero attached hydrogens (tertiary/aromatic N) is 2. The first-order valence-electron chi connectivity index (χ1n) is 11.2. The van der Waals surface area contributed by atoms with Crippen molar-refractivity contribution in [3.63, 3.8) is 0 Å². The Labute approximate surface area is 206 Å². The van der Waals surface area contributed by atoms with E-state index in [9.17, 15) is 23.9 Å². The number of aliphatic hydroxyl groups is 1. The molecule has 0 aliphatic carbocycles. The summed E-state index contributed by atoms with van der Waals surface area (Å²) in [5, 5.41) is 11.4. The Hall–Kier alpha value is -4.18. The Bertz CT molecular complexity index is 1370. The van der Waals surface area contributed by atoms with Crippen LogP contribution in [-0.4, -0.2) is 39.3 Å². The van der Waals surface area contributed by atoms with E-state index in [0.29, 0.717) is 22.6 Å². The standard InChI is InChI=1S/C26H25FN4O5/c1-25(24(29)34)13-36-22-17(25)12-20(31-21(22)14-3-5-16(27)6-4-14)26(2,35)9-7-19(32)18-11-15(23(28)33)8-10-30-18/h3-6,8,10-12,35H,7,9,13H2,1-2H3,(H2,28,33)(H2,29,34)/t25-,26-/m0/s1. The van der Waals surface area contributed by atoms with Crippen molar-refractivity contribution in [2.45, 2.75) is 37.7 Å². The molecule has 1 aliphatic rings. The number of fused-ring (bicyclic) bond motifs is 1. The summed E-state index contributed by atoms with van der Waals surface area (Å²) in [6, 6.07) is 9.82. The highest BCUT2D eigenvalue weighted by molar-refractivity contribution is 5.98. The molecule has 4 rings (SSSR count). The topological polar surface area (TPSA) is 158 Å². The molecular formula is C26H25FN4O5. The van der Waals surface area contributed by atoms with E-state index < -0.39 is 34.4 Å². The van der Waals surface area contributed by atoms with E-state index in [-0.39, 0.29) is 36.4 Å². The Morgan fingerprint density at radius 1 is 1.17 bits per heavy atom. The van der Waals surface area contributed by atoms with Crippen molar-refractivity contribution in [2.24, 2.45) is 11.5 Å². The van der Waals surface area contributed by atoms with Crippen molar-refractivity contribution >= 4 is 17.6 Å². The van der Waals surface area contributed by atoms with Gasteiger partial charge in [-0.3, -0.25) is 19.4 Å². The molecule has 36 heavy (non-hydrogen) atoms. The fourth-order valence-corrected chi connectivity index (χ4v) is 4.02. The van der Waals surface area contributed by atoms with Crippen LogP contribution in [0.4, 0.5) is 4.39 Å². The third-order valence-electron chi connectivity index (χ3n) is 6.45. The van der Waals surface area contributed by atoms with Crippen LogP contribution in [0.3, 0.4) is 0 Å². The molecule has 9 nitrogen and oxygen atoms in total. The average molecular weight is 493 g/mol.